The van der Waals surface area contributed by atoms with E-state index in [1.165, 1.54) is 6.07 Å². The van der Waals surface area contributed by atoms with Crippen LogP contribution in [0.2, 0.25) is 0 Å². The Kier molecular flexibility index (Phi) is 1.75. The van der Waals surface area contributed by atoms with E-state index in [2.05, 4.69) is 4.98 Å². The molecular weight excluding hydrogens is 227 g/mol. The summed E-state index contributed by atoms with van der Waals surface area (Å²) in [5.74, 6) is -0.229. The fourth-order valence-corrected chi connectivity index (χ4v) is 2.43. The Morgan fingerprint density at radius 3 is 2.67 bits per heavy atom. The van der Waals surface area contributed by atoms with E-state index in [1.54, 1.807) is 12.1 Å². The smallest absolute Gasteiger partial charge is 0.138 e. The molecule has 0 unspecified atom stereocenters. The van der Waals surface area contributed by atoms with Gasteiger partial charge in [0.1, 0.15) is 11.5 Å². The maximum absolute atomic E-state index is 13.4. The summed E-state index contributed by atoms with van der Waals surface area (Å²) in [5.41, 5.74) is 3.62. The number of hydrogen-bond acceptors (Lipinski definition) is 1. The van der Waals surface area contributed by atoms with Gasteiger partial charge in [-0.15, -0.1) is 0 Å². The summed E-state index contributed by atoms with van der Waals surface area (Å²) in [5, 5.41) is 1.01. The number of rotatable bonds is 0. The van der Waals surface area contributed by atoms with Gasteiger partial charge in [0.2, 0.25) is 0 Å². The number of imidazole rings is 1. The second-order valence-corrected chi connectivity index (χ2v) is 4.33. The van der Waals surface area contributed by atoms with Gasteiger partial charge in [-0.1, -0.05) is 12.1 Å². The van der Waals surface area contributed by atoms with E-state index in [-0.39, 0.29) is 5.82 Å². The molecule has 0 bridgehead atoms. The average molecular weight is 236 g/mol. The van der Waals surface area contributed by atoms with Crippen LogP contribution in [0.5, 0.6) is 0 Å². The van der Waals surface area contributed by atoms with E-state index in [0.717, 1.165) is 27.6 Å². The Balaban J connectivity index is 2.35. The number of aromatic nitrogens is 2. The molecule has 4 aromatic rings. The summed E-state index contributed by atoms with van der Waals surface area (Å²) < 4.78 is 15.4. The fourth-order valence-electron chi connectivity index (χ4n) is 2.43. The molecule has 0 atom stereocenters. The van der Waals surface area contributed by atoms with Crippen molar-refractivity contribution < 1.29 is 4.39 Å². The van der Waals surface area contributed by atoms with Crippen LogP contribution in [0, 0.1) is 5.82 Å². The predicted molar refractivity (Wildman–Crippen MR) is 70.2 cm³/mol. The molecule has 0 saturated carbocycles. The molecule has 2 aromatic carbocycles. The van der Waals surface area contributed by atoms with Crippen LogP contribution in [0.3, 0.4) is 0 Å². The van der Waals surface area contributed by atoms with E-state index in [4.69, 9.17) is 0 Å². The van der Waals surface area contributed by atoms with Gasteiger partial charge in [-0.05, 0) is 47.9 Å². The van der Waals surface area contributed by atoms with Crippen molar-refractivity contribution in [3.8, 4) is 0 Å². The lowest BCUT2D eigenvalue weighted by Gasteiger charge is -2.03. The minimum atomic E-state index is -0.229. The van der Waals surface area contributed by atoms with Gasteiger partial charge in [0.25, 0.3) is 0 Å². The average Bonchev–Trinajstić information content (AvgIpc) is 2.77. The molecule has 0 aliphatic carbocycles. The third-order valence-electron chi connectivity index (χ3n) is 3.23. The van der Waals surface area contributed by atoms with Crippen LogP contribution in [0.15, 0.2) is 54.6 Å². The zero-order valence-corrected chi connectivity index (χ0v) is 9.47. The molecule has 2 aromatic heterocycles. The normalized spacial score (nSPS) is 11.6. The summed E-state index contributed by atoms with van der Waals surface area (Å²) >= 11 is 0. The van der Waals surface area contributed by atoms with Crippen molar-refractivity contribution in [2.45, 2.75) is 0 Å². The number of halogens is 1. The highest BCUT2D eigenvalue weighted by Gasteiger charge is 2.07. The lowest BCUT2D eigenvalue weighted by Crippen LogP contribution is -1.88. The first-order valence-electron chi connectivity index (χ1n) is 5.78. The van der Waals surface area contributed by atoms with Crippen molar-refractivity contribution in [2.75, 3.05) is 0 Å². The molecule has 2 nitrogen and oxygen atoms in total. The van der Waals surface area contributed by atoms with Crippen LogP contribution in [0.25, 0.3) is 27.6 Å². The number of nitrogens with zero attached hydrogens (tertiary/aromatic N) is 2. The summed E-state index contributed by atoms with van der Waals surface area (Å²) in [4.78, 5) is 4.54. The van der Waals surface area contributed by atoms with Crippen molar-refractivity contribution in [1.29, 1.82) is 0 Å². The van der Waals surface area contributed by atoms with Crippen molar-refractivity contribution in [2.24, 2.45) is 0 Å². The third-order valence-corrected chi connectivity index (χ3v) is 3.23. The number of para-hydroxylation sites is 2. The highest BCUT2D eigenvalue weighted by molar-refractivity contribution is 5.90. The first-order chi connectivity index (χ1) is 8.83. The van der Waals surface area contributed by atoms with Gasteiger partial charge < -0.3 is 0 Å². The maximum atomic E-state index is 13.4. The first-order valence-corrected chi connectivity index (χ1v) is 5.78. The Labute approximate surface area is 102 Å². The quantitative estimate of drug-likeness (QED) is 0.454. The molecule has 0 saturated heterocycles. The SMILES string of the molecule is Fc1ccc2ccc3nc4ccccc4n3c2c1. The van der Waals surface area contributed by atoms with E-state index in [9.17, 15) is 4.39 Å². The largest absolute Gasteiger partial charge is 0.292 e. The Hall–Kier alpha value is -2.42. The number of pyridine rings is 1. The van der Waals surface area contributed by atoms with Crippen LogP contribution in [-0.4, -0.2) is 9.38 Å². The zero-order valence-electron chi connectivity index (χ0n) is 9.47. The molecular formula is C15H9FN2. The van der Waals surface area contributed by atoms with E-state index in [1.807, 2.05) is 40.8 Å². The van der Waals surface area contributed by atoms with Gasteiger partial charge in [-0.25, -0.2) is 9.37 Å². The van der Waals surface area contributed by atoms with Crippen LogP contribution in [-0.2, 0) is 0 Å². The molecule has 0 aliphatic rings. The topological polar surface area (TPSA) is 17.3 Å². The minimum Gasteiger partial charge on any atom is -0.292 e. The van der Waals surface area contributed by atoms with E-state index in [0.29, 0.717) is 0 Å². The summed E-state index contributed by atoms with van der Waals surface area (Å²) in [6.45, 7) is 0. The lowest BCUT2D eigenvalue weighted by atomic mass is 10.2. The molecule has 0 radical (unpaired) electrons. The minimum absolute atomic E-state index is 0.229. The van der Waals surface area contributed by atoms with Gasteiger partial charge in [0, 0.05) is 0 Å². The van der Waals surface area contributed by atoms with Crippen molar-refractivity contribution in [3.05, 3.63) is 60.4 Å². The molecule has 0 N–H and O–H groups in total. The fraction of sp³-hybridized carbons (Fsp3) is 0. The van der Waals surface area contributed by atoms with E-state index < -0.39 is 0 Å². The lowest BCUT2D eigenvalue weighted by molar-refractivity contribution is 0.629. The van der Waals surface area contributed by atoms with Gasteiger partial charge in [0.15, 0.2) is 0 Å². The maximum Gasteiger partial charge on any atom is 0.138 e. The van der Waals surface area contributed by atoms with E-state index >= 15 is 0 Å². The second-order valence-electron chi connectivity index (χ2n) is 4.33. The monoisotopic (exact) mass is 236 g/mol. The van der Waals surface area contributed by atoms with Crippen molar-refractivity contribution in [3.63, 3.8) is 0 Å². The molecule has 0 aliphatic heterocycles. The molecule has 3 heteroatoms. The number of benzene rings is 2. The number of hydrogen-bond donors (Lipinski definition) is 0. The Morgan fingerprint density at radius 2 is 1.72 bits per heavy atom. The Bertz CT molecular complexity index is 893. The van der Waals surface area contributed by atoms with Gasteiger partial charge in [-0.2, -0.15) is 0 Å². The molecule has 2 heterocycles. The molecule has 0 fully saturated rings. The molecule has 86 valence electrons. The van der Waals surface area contributed by atoms with Crippen molar-refractivity contribution in [1.82, 2.24) is 9.38 Å². The molecule has 4 rings (SSSR count). The van der Waals surface area contributed by atoms with Crippen molar-refractivity contribution >= 4 is 27.6 Å². The third kappa shape index (κ3) is 1.19. The summed E-state index contributed by atoms with van der Waals surface area (Å²) in [6.07, 6.45) is 0. The number of fused-ring (bicyclic) bond motifs is 5. The van der Waals surface area contributed by atoms with Crippen LogP contribution >= 0.6 is 0 Å². The molecule has 0 amide bonds. The first kappa shape index (κ1) is 9.59. The van der Waals surface area contributed by atoms with Gasteiger partial charge in [0.05, 0.1) is 16.6 Å². The predicted octanol–water partition coefficient (Wildman–Crippen LogP) is 3.78. The Morgan fingerprint density at radius 1 is 0.889 bits per heavy atom. The summed E-state index contributed by atoms with van der Waals surface area (Å²) in [7, 11) is 0. The molecule has 18 heavy (non-hydrogen) atoms. The second kappa shape index (κ2) is 3.29. The van der Waals surface area contributed by atoms with Gasteiger partial charge in [-0.3, -0.25) is 4.40 Å². The van der Waals surface area contributed by atoms with Crippen LogP contribution in [0.4, 0.5) is 4.39 Å². The van der Waals surface area contributed by atoms with Crippen LogP contribution < -0.4 is 0 Å². The highest BCUT2D eigenvalue weighted by atomic mass is 19.1. The standard InChI is InChI=1S/C15H9FN2/c16-11-7-5-10-6-8-15-17-12-3-1-2-4-13(12)18(15)14(10)9-11/h1-9H. The molecule has 0 spiro atoms. The zero-order chi connectivity index (χ0) is 12.1. The summed E-state index contributed by atoms with van der Waals surface area (Å²) in [6, 6.07) is 16.6. The van der Waals surface area contributed by atoms with Crippen LogP contribution in [0.1, 0.15) is 0 Å². The highest BCUT2D eigenvalue weighted by Crippen LogP contribution is 2.23. The van der Waals surface area contributed by atoms with Gasteiger partial charge >= 0.3 is 0 Å².